The largest absolute Gasteiger partial charge is 0.340 e. The number of piperazine rings is 1. The molecule has 0 spiro atoms. The van der Waals surface area contributed by atoms with Crippen molar-refractivity contribution in [1.29, 1.82) is 0 Å². The van der Waals surface area contributed by atoms with Gasteiger partial charge in [0.15, 0.2) is 0 Å². The van der Waals surface area contributed by atoms with Gasteiger partial charge in [0.2, 0.25) is 5.91 Å². The summed E-state index contributed by atoms with van der Waals surface area (Å²) < 4.78 is 0. The third-order valence-corrected chi connectivity index (χ3v) is 4.93. The molecular formula is C16H24N4O. The van der Waals surface area contributed by atoms with Gasteiger partial charge in [-0.05, 0) is 25.0 Å². The van der Waals surface area contributed by atoms with Crippen molar-refractivity contribution in [2.24, 2.45) is 11.1 Å². The maximum absolute atomic E-state index is 12.6. The van der Waals surface area contributed by atoms with E-state index in [9.17, 15) is 4.79 Å². The minimum Gasteiger partial charge on any atom is -0.340 e. The molecule has 1 saturated heterocycles. The van der Waals surface area contributed by atoms with Crippen LogP contribution in [0.5, 0.6) is 0 Å². The van der Waals surface area contributed by atoms with E-state index in [4.69, 9.17) is 5.73 Å². The number of pyridine rings is 1. The number of carbonyl (C=O) groups is 1. The van der Waals surface area contributed by atoms with Gasteiger partial charge in [-0.15, -0.1) is 0 Å². The number of nitrogens with two attached hydrogens (primary N) is 1. The summed E-state index contributed by atoms with van der Waals surface area (Å²) >= 11 is 0. The van der Waals surface area contributed by atoms with Crippen molar-refractivity contribution in [3.05, 3.63) is 30.1 Å². The van der Waals surface area contributed by atoms with Gasteiger partial charge < -0.3 is 10.6 Å². The number of hydrogen-bond donors (Lipinski definition) is 1. The molecule has 0 unspecified atom stereocenters. The quantitative estimate of drug-likeness (QED) is 0.892. The molecule has 1 amide bonds. The van der Waals surface area contributed by atoms with Crippen LogP contribution in [-0.4, -0.2) is 53.4 Å². The van der Waals surface area contributed by atoms with Gasteiger partial charge in [-0.3, -0.25) is 14.7 Å². The van der Waals surface area contributed by atoms with Crippen molar-refractivity contribution in [2.45, 2.75) is 25.8 Å². The first kappa shape index (κ1) is 14.5. The van der Waals surface area contributed by atoms with Crippen molar-refractivity contribution in [1.82, 2.24) is 14.8 Å². The van der Waals surface area contributed by atoms with Gasteiger partial charge in [-0.1, -0.05) is 12.5 Å². The molecule has 0 aromatic carbocycles. The van der Waals surface area contributed by atoms with E-state index in [1.807, 2.05) is 23.2 Å². The third kappa shape index (κ3) is 2.94. The predicted octanol–water partition coefficient (Wildman–Crippen LogP) is 0.855. The van der Waals surface area contributed by atoms with Crippen LogP contribution in [0.3, 0.4) is 0 Å². The smallest absolute Gasteiger partial charge is 0.230 e. The van der Waals surface area contributed by atoms with Gasteiger partial charge in [0.1, 0.15) is 0 Å². The maximum atomic E-state index is 12.6. The third-order valence-electron chi connectivity index (χ3n) is 4.93. The van der Waals surface area contributed by atoms with E-state index in [1.54, 1.807) is 0 Å². The summed E-state index contributed by atoms with van der Waals surface area (Å²) in [6, 6.07) is 6.00. The van der Waals surface area contributed by atoms with E-state index in [0.717, 1.165) is 57.7 Å². The average Bonchev–Trinajstić information content (AvgIpc) is 2.48. The monoisotopic (exact) mass is 288 g/mol. The Kier molecular flexibility index (Phi) is 4.22. The summed E-state index contributed by atoms with van der Waals surface area (Å²) in [4.78, 5) is 21.4. The molecule has 0 atom stereocenters. The molecule has 1 aromatic rings. The fourth-order valence-electron chi connectivity index (χ4n) is 3.27. The molecule has 0 bridgehead atoms. The van der Waals surface area contributed by atoms with Gasteiger partial charge >= 0.3 is 0 Å². The summed E-state index contributed by atoms with van der Waals surface area (Å²) in [7, 11) is 0. The summed E-state index contributed by atoms with van der Waals surface area (Å²) in [5, 5.41) is 0. The zero-order valence-electron chi connectivity index (χ0n) is 12.5. The highest BCUT2D eigenvalue weighted by molar-refractivity contribution is 5.84. The van der Waals surface area contributed by atoms with E-state index in [1.165, 1.54) is 0 Å². The molecule has 21 heavy (non-hydrogen) atoms. The number of nitrogens with zero attached hydrogens (tertiary/aromatic N) is 3. The lowest BCUT2D eigenvalue weighted by Crippen LogP contribution is -2.56. The molecule has 3 rings (SSSR count). The van der Waals surface area contributed by atoms with E-state index in [-0.39, 0.29) is 11.3 Å². The van der Waals surface area contributed by atoms with Gasteiger partial charge in [0.25, 0.3) is 0 Å². The minimum absolute atomic E-state index is 0.233. The van der Waals surface area contributed by atoms with E-state index in [2.05, 4.69) is 16.0 Å². The standard InChI is InChI=1S/C16H24N4O/c17-13-16(5-3-6-16)15(21)20-10-8-19(9-11-20)12-14-4-1-2-7-18-14/h1-2,4,7H,3,5-6,8-13,17H2. The Balaban J connectivity index is 1.52. The molecule has 1 saturated carbocycles. The Labute approximate surface area is 126 Å². The Morgan fingerprint density at radius 3 is 2.52 bits per heavy atom. The van der Waals surface area contributed by atoms with Gasteiger partial charge in [-0.2, -0.15) is 0 Å². The lowest BCUT2D eigenvalue weighted by atomic mass is 9.67. The number of rotatable bonds is 4. The zero-order chi connectivity index (χ0) is 14.7. The first-order chi connectivity index (χ1) is 10.2. The molecule has 2 heterocycles. The lowest BCUT2D eigenvalue weighted by Gasteiger charge is -2.45. The van der Waals surface area contributed by atoms with Crippen LogP contribution in [0.1, 0.15) is 25.0 Å². The van der Waals surface area contributed by atoms with Crippen LogP contribution in [0.25, 0.3) is 0 Å². The Morgan fingerprint density at radius 1 is 1.24 bits per heavy atom. The SMILES string of the molecule is NCC1(C(=O)N2CCN(Cc3ccccn3)CC2)CCC1. The van der Waals surface area contributed by atoms with Crippen molar-refractivity contribution in [3.63, 3.8) is 0 Å². The van der Waals surface area contributed by atoms with Crippen molar-refractivity contribution < 1.29 is 4.79 Å². The van der Waals surface area contributed by atoms with Crippen molar-refractivity contribution >= 4 is 5.91 Å². The van der Waals surface area contributed by atoms with E-state index >= 15 is 0 Å². The Bertz CT molecular complexity index is 473. The molecule has 1 aromatic heterocycles. The van der Waals surface area contributed by atoms with Crippen molar-refractivity contribution in [2.75, 3.05) is 32.7 Å². The number of aromatic nitrogens is 1. The second-order valence-electron chi connectivity index (χ2n) is 6.23. The molecule has 2 fully saturated rings. The maximum Gasteiger partial charge on any atom is 0.230 e. The second kappa shape index (κ2) is 6.12. The average molecular weight is 288 g/mol. The van der Waals surface area contributed by atoms with Crippen LogP contribution in [0.4, 0.5) is 0 Å². The molecule has 5 heteroatoms. The molecular weight excluding hydrogens is 264 g/mol. The molecule has 2 N–H and O–H groups in total. The van der Waals surface area contributed by atoms with Crippen LogP contribution in [0.2, 0.25) is 0 Å². The summed E-state index contributed by atoms with van der Waals surface area (Å²) in [5.41, 5.74) is 6.70. The highest BCUT2D eigenvalue weighted by atomic mass is 16.2. The second-order valence-corrected chi connectivity index (χ2v) is 6.23. The minimum atomic E-state index is -0.233. The molecule has 0 radical (unpaired) electrons. The first-order valence-electron chi connectivity index (χ1n) is 7.85. The van der Waals surface area contributed by atoms with Crippen LogP contribution < -0.4 is 5.73 Å². The van der Waals surface area contributed by atoms with E-state index < -0.39 is 0 Å². The van der Waals surface area contributed by atoms with E-state index in [0.29, 0.717) is 6.54 Å². The van der Waals surface area contributed by atoms with Crippen LogP contribution in [-0.2, 0) is 11.3 Å². The van der Waals surface area contributed by atoms with Gasteiger partial charge in [0, 0.05) is 45.5 Å². The zero-order valence-corrected chi connectivity index (χ0v) is 12.5. The van der Waals surface area contributed by atoms with Crippen LogP contribution >= 0.6 is 0 Å². The molecule has 1 aliphatic carbocycles. The molecule has 1 aliphatic heterocycles. The molecule has 2 aliphatic rings. The molecule has 5 nitrogen and oxygen atoms in total. The normalized spacial score (nSPS) is 21.9. The highest BCUT2D eigenvalue weighted by Crippen LogP contribution is 2.41. The predicted molar refractivity (Wildman–Crippen MR) is 81.4 cm³/mol. The topological polar surface area (TPSA) is 62.5 Å². The number of carbonyl (C=O) groups excluding carboxylic acids is 1. The van der Waals surface area contributed by atoms with Crippen molar-refractivity contribution in [3.8, 4) is 0 Å². The fraction of sp³-hybridized carbons (Fsp3) is 0.625. The van der Waals surface area contributed by atoms with Gasteiger partial charge in [-0.25, -0.2) is 0 Å². The first-order valence-corrected chi connectivity index (χ1v) is 7.85. The highest BCUT2D eigenvalue weighted by Gasteiger charge is 2.45. The molecule has 114 valence electrons. The fourth-order valence-corrected chi connectivity index (χ4v) is 3.27. The van der Waals surface area contributed by atoms with Crippen LogP contribution in [0, 0.1) is 5.41 Å². The number of amides is 1. The summed E-state index contributed by atoms with van der Waals surface area (Å²) in [6.07, 6.45) is 4.91. The summed E-state index contributed by atoms with van der Waals surface area (Å²) in [5.74, 6) is 0.286. The summed E-state index contributed by atoms with van der Waals surface area (Å²) in [6.45, 7) is 4.83. The van der Waals surface area contributed by atoms with Gasteiger partial charge in [0.05, 0.1) is 11.1 Å². The number of hydrogen-bond acceptors (Lipinski definition) is 4. The van der Waals surface area contributed by atoms with Crippen LogP contribution in [0.15, 0.2) is 24.4 Å². The Hall–Kier alpha value is -1.46. The lowest BCUT2D eigenvalue weighted by molar-refractivity contribution is -0.148. The Morgan fingerprint density at radius 2 is 2.00 bits per heavy atom.